The first-order chi connectivity index (χ1) is 14.8. The molecule has 0 heterocycles. The highest BCUT2D eigenvalue weighted by atomic mass is 16.6. The van der Waals surface area contributed by atoms with Crippen LogP contribution in [-0.2, 0) is 4.84 Å². The van der Waals surface area contributed by atoms with E-state index < -0.39 is 0 Å². The molecule has 0 bridgehead atoms. The largest absolute Gasteiger partial charge is 0.399 e. The van der Waals surface area contributed by atoms with E-state index in [1.807, 2.05) is 0 Å². The van der Waals surface area contributed by atoms with E-state index in [0.29, 0.717) is 11.3 Å². The molecule has 3 nitrogen and oxygen atoms in total. The molecule has 31 heavy (non-hydrogen) atoms. The standard InChI is InChI=1S/C28H51NO2/c1-19(2)9-7-10-20(3)11-8-12-23-21(4)13-14-25-24(23)18-27(29-31-6)26-17-22(30)15-16-28(25,26)5/h19-26,30H,7-18H2,1-6H3/b29-27+/t20-,21?,22+,23?,24?,25?,26?,28-/m1/s1. The van der Waals surface area contributed by atoms with Gasteiger partial charge in [-0.05, 0) is 79.4 Å². The Balaban J connectivity index is 1.65. The monoisotopic (exact) mass is 433 g/mol. The molecule has 0 radical (unpaired) electrons. The second-order valence-electron chi connectivity index (χ2n) is 12.3. The summed E-state index contributed by atoms with van der Waals surface area (Å²) in [5.41, 5.74) is 1.55. The summed E-state index contributed by atoms with van der Waals surface area (Å²) in [7, 11) is 1.69. The van der Waals surface area contributed by atoms with Crippen molar-refractivity contribution in [2.75, 3.05) is 7.11 Å². The third-order valence-corrected chi connectivity index (χ3v) is 9.67. The summed E-state index contributed by atoms with van der Waals surface area (Å²) >= 11 is 0. The van der Waals surface area contributed by atoms with Crippen molar-refractivity contribution < 1.29 is 9.94 Å². The van der Waals surface area contributed by atoms with Crippen molar-refractivity contribution in [2.45, 2.75) is 118 Å². The first-order valence-corrected chi connectivity index (χ1v) is 13.5. The number of aliphatic hydroxyl groups is 1. The van der Waals surface area contributed by atoms with E-state index in [9.17, 15) is 5.11 Å². The minimum atomic E-state index is -0.160. The molecule has 3 fully saturated rings. The number of hydrogen-bond donors (Lipinski definition) is 1. The molecule has 0 aliphatic heterocycles. The molecule has 3 saturated carbocycles. The number of rotatable bonds is 9. The third kappa shape index (κ3) is 5.87. The molecule has 0 saturated heterocycles. The lowest BCUT2D eigenvalue weighted by Crippen LogP contribution is -2.55. The smallest absolute Gasteiger partial charge is 0.106 e. The van der Waals surface area contributed by atoms with Crippen molar-refractivity contribution in [3.05, 3.63) is 0 Å². The molecule has 180 valence electrons. The van der Waals surface area contributed by atoms with Gasteiger partial charge in [-0.3, -0.25) is 0 Å². The van der Waals surface area contributed by atoms with Crippen molar-refractivity contribution in [1.29, 1.82) is 0 Å². The zero-order valence-corrected chi connectivity index (χ0v) is 21.4. The van der Waals surface area contributed by atoms with Crippen molar-refractivity contribution in [3.63, 3.8) is 0 Å². The average Bonchev–Trinajstić information content (AvgIpc) is 2.70. The van der Waals surface area contributed by atoms with Crippen LogP contribution in [0.3, 0.4) is 0 Å². The number of aliphatic hydroxyl groups excluding tert-OH is 1. The molecule has 0 aromatic carbocycles. The van der Waals surface area contributed by atoms with Gasteiger partial charge in [-0.2, -0.15) is 0 Å². The third-order valence-electron chi connectivity index (χ3n) is 9.67. The second kappa shape index (κ2) is 11.0. The average molecular weight is 434 g/mol. The number of hydrogen-bond acceptors (Lipinski definition) is 3. The van der Waals surface area contributed by atoms with E-state index in [2.05, 4.69) is 39.8 Å². The molecular weight excluding hydrogens is 382 g/mol. The summed E-state index contributed by atoms with van der Waals surface area (Å²) in [5.74, 6) is 5.33. The van der Waals surface area contributed by atoms with Crippen LogP contribution >= 0.6 is 0 Å². The van der Waals surface area contributed by atoms with Gasteiger partial charge in [0.25, 0.3) is 0 Å². The van der Waals surface area contributed by atoms with E-state index in [-0.39, 0.29) is 6.10 Å². The van der Waals surface area contributed by atoms with Gasteiger partial charge in [0.2, 0.25) is 0 Å². The van der Waals surface area contributed by atoms with Gasteiger partial charge in [0.15, 0.2) is 0 Å². The molecule has 3 heteroatoms. The Morgan fingerprint density at radius 3 is 2.55 bits per heavy atom. The molecule has 3 rings (SSSR count). The maximum Gasteiger partial charge on any atom is 0.106 e. The predicted octanol–water partition coefficient (Wildman–Crippen LogP) is 7.47. The number of nitrogens with zero attached hydrogens (tertiary/aromatic N) is 1. The van der Waals surface area contributed by atoms with Gasteiger partial charge in [0.1, 0.15) is 7.11 Å². The van der Waals surface area contributed by atoms with Gasteiger partial charge >= 0.3 is 0 Å². The van der Waals surface area contributed by atoms with Crippen LogP contribution in [0.1, 0.15) is 112 Å². The minimum absolute atomic E-state index is 0.160. The highest BCUT2D eigenvalue weighted by Gasteiger charge is 2.56. The molecule has 1 N–H and O–H groups in total. The molecule has 0 aromatic rings. The van der Waals surface area contributed by atoms with Gasteiger partial charge in [0.05, 0.1) is 11.8 Å². The summed E-state index contributed by atoms with van der Waals surface area (Å²) in [6.07, 6.45) is 15.0. The number of fused-ring (bicyclic) bond motifs is 3. The topological polar surface area (TPSA) is 41.8 Å². The van der Waals surface area contributed by atoms with Gasteiger partial charge in [0, 0.05) is 5.92 Å². The van der Waals surface area contributed by atoms with E-state index in [1.165, 1.54) is 57.1 Å². The first-order valence-electron chi connectivity index (χ1n) is 13.5. The van der Waals surface area contributed by atoms with Crippen molar-refractivity contribution >= 4 is 5.71 Å². The first kappa shape index (κ1) is 25.1. The maximum absolute atomic E-state index is 10.4. The Hall–Kier alpha value is -0.570. The second-order valence-corrected chi connectivity index (χ2v) is 12.3. The lowest BCUT2D eigenvalue weighted by Gasteiger charge is -2.59. The molecule has 5 unspecified atom stereocenters. The Morgan fingerprint density at radius 1 is 1.10 bits per heavy atom. The van der Waals surface area contributed by atoms with E-state index >= 15 is 0 Å². The van der Waals surface area contributed by atoms with Gasteiger partial charge in [-0.15, -0.1) is 0 Å². The van der Waals surface area contributed by atoms with E-state index in [0.717, 1.165) is 61.2 Å². The highest BCUT2D eigenvalue weighted by molar-refractivity contribution is 5.88. The minimum Gasteiger partial charge on any atom is -0.399 e. The lowest BCUT2D eigenvalue weighted by atomic mass is 9.46. The molecular formula is C28H51NO2. The van der Waals surface area contributed by atoms with Gasteiger partial charge < -0.3 is 9.94 Å². The van der Waals surface area contributed by atoms with Crippen LogP contribution < -0.4 is 0 Å². The maximum atomic E-state index is 10.4. The Kier molecular flexibility index (Phi) is 8.92. The fraction of sp³-hybridized carbons (Fsp3) is 0.964. The molecule has 0 aromatic heterocycles. The Morgan fingerprint density at radius 2 is 1.84 bits per heavy atom. The molecule has 3 aliphatic rings. The van der Waals surface area contributed by atoms with Crippen molar-refractivity contribution in [3.8, 4) is 0 Å². The molecule has 0 spiro atoms. The number of oxime groups is 1. The molecule has 0 amide bonds. The summed E-state index contributed by atoms with van der Waals surface area (Å²) in [5, 5.41) is 15.0. The summed E-state index contributed by atoms with van der Waals surface area (Å²) < 4.78 is 0. The van der Waals surface area contributed by atoms with Crippen LogP contribution in [0.5, 0.6) is 0 Å². The van der Waals surface area contributed by atoms with Crippen molar-refractivity contribution in [2.24, 2.45) is 52.0 Å². The SMILES string of the molecule is CO/N=C1\CC2C(CCC[C@H](C)CCCC(C)C)C(C)CCC2[C@@]2(C)CC[C@H](O)CC12. The van der Waals surface area contributed by atoms with E-state index in [4.69, 9.17) is 4.84 Å². The van der Waals surface area contributed by atoms with Crippen LogP contribution in [-0.4, -0.2) is 24.0 Å². The van der Waals surface area contributed by atoms with Crippen LogP contribution in [0.4, 0.5) is 0 Å². The Labute approximate surface area is 192 Å². The summed E-state index contributed by atoms with van der Waals surface area (Å²) in [6, 6.07) is 0. The van der Waals surface area contributed by atoms with Crippen LogP contribution in [0, 0.1) is 46.8 Å². The van der Waals surface area contributed by atoms with Crippen molar-refractivity contribution in [1.82, 2.24) is 0 Å². The van der Waals surface area contributed by atoms with Crippen LogP contribution in [0.15, 0.2) is 5.16 Å². The van der Waals surface area contributed by atoms with Crippen LogP contribution in [0.25, 0.3) is 0 Å². The van der Waals surface area contributed by atoms with E-state index in [1.54, 1.807) is 7.11 Å². The van der Waals surface area contributed by atoms with Gasteiger partial charge in [-0.25, -0.2) is 0 Å². The van der Waals surface area contributed by atoms with Crippen LogP contribution in [0.2, 0.25) is 0 Å². The van der Waals surface area contributed by atoms with Gasteiger partial charge in [-0.1, -0.05) is 78.3 Å². The highest BCUT2D eigenvalue weighted by Crippen LogP contribution is 2.60. The summed E-state index contributed by atoms with van der Waals surface area (Å²) in [4.78, 5) is 5.33. The predicted molar refractivity (Wildman–Crippen MR) is 131 cm³/mol. The molecule has 8 atom stereocenters. The fourth-order valence-corrected chi connectivity index (χ4v) is 7.80. The normalized spacial score (nSPS) is 40.5. The fourth-order valence-electron chi connectivity index (χ4n) is 7.80. The zero-order valence-electron chi connectivity index (χ0n) is 21.4. The lowest BCUT2D eigenvalue weighted by molar-refractivity contribution is -0.0693. The quantitative estimate of drug-likeness (QED) is 0.383. The zero-order chi connectivity index (χ0) is 22.6. The Bertz CT molecular complexity index is 588. The molecule has 3 aliphatic carbocycles. The summed E-state index contributed by atoms with van der Waals surface area (Å²) in [6.45, 7) is 12.2.